The van der Waals surface area contributed by atoms with Gasteiger partial charge in [-0.3, -0.25) is 10.3 Å². The minimum absolute atomic E-state index is 0.00820. The molecule has 0 saturated carbocycles. The maximum absolute atomic E-state index is 14.1. The first-order valence-electron chi connectivity index (χ1n) is 6.83. The van der Waals surface area contributed by atoms with Crippen molar-refractivity contribution in [1.82, 2.24) is 4.90 Å². The molecule has 0 spiro atoms. The van der Waals surface area contributed by atoms with E-state index in [-0.39, 0.29) is 17.1 Å². The molecule has 1 aliphatic rings. The molecule has 0 unspecified atom stereocenters. The van der Waals surface area contributed by atoms with E-state index >= 15 is 0 Å². The summed E-state index contributed by atoms with van der Waals surface area (Å²) >= 11 is 0. The van der Waals surface area contributed by atoms with E-state index in [0.717, 1.165) is 38.2 Å². The van der Waals surface area contributed by atoms with E-state index < -0.39 is 11.6 Å². The predicted octanol–water partition coefficient (Wildman–Crippen LogP) is 1.78. The number of amidine groups is 1. The number of nitrogens with one attached hydrogen (secondary N) is 1. The molecule has 4 nitrogen and oxygen atoms in total. The van der Waals surface area contributed by atoms with Crippen molar-refractivity contribution in [2.24, 2.45) is 5.73 Å². The molecule has 1 fully saturated rings. The second-order valence-corrected chi connectivity index (χ2v) is 5.03. The maximum Gasteiger partial charge on any atom is 0.150 e. The Morgan fingerprint density at radius 2 is 1.75 bits per heavy atom. The number of hydrogen-bond acceptors (Lipinski definition) is 3. The van der Waals surface area contributed by atoms with Crippen LogP contribution in [0.15, 0.2) is 12.1 Å². The van der Waals surface area contributed by atoms with Crippen LogP contribution in [0.25, 0.3) is 0 Å². The fourth-order valence-corrected chi connectivity index (χ4v) is 2.53. The molecule has 1 aromatic carbocycles. The number of halogens is 2. The summed E-state index contributed by atoms with van der Waals surface area (Å²) < 4.78 is 28.1. The largest absolute Gasteiger partial charge is 0.384 e. The monoisotopic (exact) mass is 282 g/mol. The Hall–Kier alpha value is -1.69. The lowest BCUT2D eigenvalue weighted by molar-refractivity contribution is 0.257. The van der Waals surface area contributed by atoms with Gasteiger partial charge in [-0.15, -0.1) is 0 Å². The van der Waals surface area contributed by atoms with Gasteiger partial charge in [0, 0.05) is 31.7 Å². The fourth-order valence-electron chi connectivity index (χ4n) is 2.53. The highest BCUT2D eigenvalue weighted by Gasteiger charge is 2.22. The van der Waals surface area contributed by atoms with Gasteiger partial charge in [-0.1, -0.05) is 6.92 Å². The molecule has 1 saturated heterocycles. The standard InChI is InChI=1S/C14H20F2N4/c1-2-3-19-4-6-20(7-5-19)13-11(15)8-10(14(17)18)9-12(13)16/h8-9H,2-7H2,1H3,(H3,17,18). The fraction of sp³-hybridized carbons (Fsp3) is 0.500. The molecule has 20 heavy (non-hydrogen) atoms. The second-order valence-electron chi connectivity index (χ2n) is 5.03. The Kier molecular flexibility index (Phi) is 4.54. The lowest BCUT2D eigenvalue weighted by Gasteiger charge is -2.36. The van der Waals surface area contributed by atoms with Crippen molar-refractivity contribution in [3.05, 3.63) is 29.3 Å². The van der Waals surface area contributed by atoms with Crippen molar-refractivity contribution < 1.29 is 8.78 Å². The first-order valence-corrected chi connectivity index (χ1v) is 6.83. The number of hydrogen-bond donors (Lipinski definition) is 2. The number of piperazine rings is 1. The first kappa shape index (κ1) is 14.7. The third-order valence-electron chi connectivity index (χ3n) is 3.56. The van der Waals surface area contributed by atoms with Crippen molar-refractivity contribution in [2.75, 3.05) is 37.6 Å². The summed E-state index contributed by atoms with van der Waals surface area (Å²) in [7, 11) is 0. The van der Waals surface area contributed by atoms with E-state index in [9.17, 15) is 8.78 Å². The summed E-state index contributed by atoms with van der Waals surface area (Å²) in [4.78, 5) is 4.01. The smallest absolute Gasteiger partial charge is 0.150 e. The average Bonchev–Trinajstić information content (AvgIpc) is 2.40. The maximum atomic E-state index is 14.1. The number of rotatable bonds is 4. The molecular weight excluding hydrogens is 262 g/mol. The topological polar surface area (TPSA) is 56.4 Å². The zero-order valence-corrected chi connectivity index (χ0v) is 11.6. The van der Waals surface area contributed by atoms with E-state index in [2.05, 4.69) is 11.8 Å². The van der Waals surface area contributed by atoms with E-state index in [1.165, 1.54) is 0 Å². The third-order valence-corrected chi connectivity index (χ3v) is 3.56. The molecule has 0 amide bonds. The summed E-state index contributed by atoms with van der Waals surface area (Å²) in [5.41, 5.74) is 5.33. The SMILES string of the molecule is CCCN1CCN(c2c(F)cc(C(=N)N)cc2F)CC1. The Balaban J connectivity index is 2.16. The van der Waals surface area contributed by atoms with E-state index in [1.54, 1.807) is 4.90 Å². The van der Waals surface area contributed by atoms with Crippen LogP contribution < -0.4 is 10.6 Å². The minimum Gasteiger partial charge on any atom is -0.384 e. The average molecular weight is 282 g/mol. The number of anilines is 1. The van der Waals surface area contributed by atoms with Crippen LogP contribution in [-0.4, -0.2) is 43.5 Å². The summed E-state index contributed by atoms with van der Waals surface area (Å²) in [5, 5.41) is 7.24. The highest BCUT2D eigenvalue weighted by atomic mass is 19.1. The zero-order valence-electron chi connectivity index (χ0n) is 11.6. The molecule has 3 N–H and O–H groups in total. The number of nitrogens with two attached hydrogens (primary N) is 1. The molecule has 0 bridgehead atoms. The molecule has 110 valence electrons. The molecule has 0 radical (unpaired) electrons. The van der Waals surface area contributed by atoms with Crippen LogP contribution in [0.2, 0.25) is 0 Å². The summed E-state index contributed by atoms with van der Waals surface area (Å²) in [6, 6.07) is 2.25. The predicted molar refractivity (Wildman–Crippen MR) is 76.3 cm³/mol. The van der Waals surface area contributed by atoms with E-state index in [4.69, 9.17) is 11.1 Å². The van der Waals surface area contributed by atoms with Crippen molar-refractivity contribution >= 4 is 11.5 Å². The first-order chi connectivity index (χ1) is 9.52. The molecule has 6 heteroatoms. The van der Waals surface area contributed by atoms with Crippen LogP contribution >= 0.6 is 0 Å². The number of nitrogens with zero attached hydrogens (tertiary/aromatic N) is 2. The summed E-state index contributed by atoms with van der Waals surface area (Å²) in [5.74, 6) is -1.64. The lowest BCUT2D eigenvalue weighted by atomic mass is 10.1. The summed E-state index contributed by atoms with van der Waals surface area (Å²) in [6.07, 6.45) is 1.08. The molecule has 1 heterocycles. The van der Waals surface area contributed by atoms with Gasteiger partial charge < -0.3 is 10.6 Å². The van der Waals surface area contributed by atoms with Crippen LogP contribution in [-0.2, 0) is 0 Å². The van der Waals surface area contributed by atoms with Gasteiger partial charge in [0.1, 0.15) is 23.2 Å². The number of nitrogen functional groups attached to an aromatic ring is 1. The van der Waals surface area contributed by atoms with Gasteiger partial charge in [-0.05, 0) is 25.1 Å². The van der Waals surface area contributed by atoms with E-state index in [0.29, 0.717) is 13.1 Å². The Morgan fingerprint density at radius 3 is 2.20 bits per heavy atom. The second kappa shape index (κ2) is 6.17. The highest BCUT2D eigenvalue weighted by molar-refractivity contribution is 5.95. The minimum atomic E-state index is -0.654. The molecule has 0 aromatic heterocycles. The van der Waals surface area contributed by atoms with Crippen LogP contribution in [0.4, 0.5) is 14.5 Å². The Morgan fingerprint density at radius 1 is 1.20 bits per heavy atom. The van der Waals surface area contributed by atoms with Crippen LogP contribution in [0, 0.1) is 17.0 Å². The van der Waals surface area contributed by atoms with Gasteiger partial charge in [-0.2, -0.15) is 0 Å². The quantitative estimate of drug-likeness (QED) is 0.654. The third kappa shape index (κ3) is 3.07. The van der Waals surface area contributed by atoms with Crippen LogP contribution in [0.5, 0.6) is 0 Å². The molecule has 0 aliphatic carbocycles. The number of benzene rings is 1. The van der Waals surface area contributed by atoms with Gasteiger partial charge in [0.15, 0.2) is 0 Å². The molecule has 1 aromatic rings. The molecule has 0 atom stereocenters. The van der Waals surface area contributed by atoms with Gasteiger partial charge in [0.05, 0.1) is 0 Å². The zero-order chi connectivity index (χ0) is 14.7. The Labute approximate surface area is 117 Å². The van der Waals surface area contributed by atoms with Crippen molar-refractivity contribution in [3.63, 3.8) is 0 Å². The van der Waals surface area contributed by atoms with Gasteiger partial charge in [0.25, 0.3) is 0 Å². The molecular formula is C14H20F2N4. The van der Waals surface area contributed by atoms with Crippen LogP contribution in [0.1, 0.15) is 18.9 Å². The van der Waals surface area contributed by atoms with Crippen molar-refractivity contribution in [2.45, 2.75) is 13.3 Å². The van der Waals surface area contributed by atoms with Crippen molar-refractivity contribution in [3.8, 4) is 0 Å². The van der Waals surface area contributed by atoms with Gasteiger partial charge >= 0.3 is 0 Å². The lowest BCUT2D eigenvalue weighted by Crippen LogP contribution is -2.47. The Bertz CT molecular complexity index is 473. The van der Waals surface area contributed by atoms with E-state index in [1.807, 2.05) is 0 Å². The normalized spacial score (nSPS) is 16.4. The molecule has 1 aliphatic heterocycles. The van der Waals surface area contributed by atoms with Crippen molar-refractivity contribution in [1.29, 1.82) is 5.41 Å². The van der Waals surface area contributed by atoms with Crippen LogP contribution in [0.3, 0.4) is 0 Å². The van der Waals surface area contributed by atoms with Gasteiger partial charge in [-0.25, -0.2) is 8.78 Å². The highest BCUT2D eigenvalue weighted by Crippen LogP contribution is 2.26. The molecule has 2 rings (SSSR count). The summed E-state index contributed by atoms with van der Waals surface area (Å²) in [6.45, 7) is 5.96. The van der Waals surface area contributed by atoms with Gasteiger partial charge in [0.2, 0.25) is 0 Å².